The van der Waals surface area contributed by atoms with E-state index in [1.54, 1.807) is 31.2 Å². The average molecular weight is 496 g/mol. The first-order valence-electron chi connectivity index (χ1n) is 9.42. The van der Waals surface area contributed by atoms with Crippen molar-refractivity contribution < 1.29 is 18.0 Å². The van der Waals surface area contributed by atoms with Gasteiger partial charge in [0.25, 0.3) is 5.56 Å². The molecule has 7 nitrogen and oxygen atoms in total. The fraction of sp³-hybridized carbons (Fsp3) is 0.143. The van der Waals surface area contributed by atoms with Gasteiger partial charge in [-0.3, -0.25) is 9.59 Å². The molecule has 170 valence electrons. The zero-order valence-corrected chi connectivity index (χ0v) is 18.3. The van der Waals surface area contributed by atoms with E-state index in [0.717, 1.165) is 22.9 Å². The van der Waals surface area contributed by atoms with Crippen LogP contribution >= 0.6 is 23.2 Å². The Bertz CT molecular complexity index is 1450. The zero-order chi connectivity index (χ0) is 23.9. The SMILES string of the molecule is Cc1nn(CC(=O)Nc2cc(C(F)(F)F)ccc2Cl)c(=O)c2c1cnn2-c1cccc(Cl)c1. The number of aromatic nitrogens is 4. The van der Waals surface area contributed by atoms with E-state index in [1.807, 2.05) is 0 Å². The molecule has 4 rings (SSSR count). The Morgan fingerprint density at radius 1 is 1.15 bits per heavy atom. The molecule has 12 heteroatoms. The van der Waals surface area contributed by atoms with Crippen molar-refractivity contribution in [3.63, 3.8) is 0 Å². The number of fused-ring (bicyclic) bond motifs is 1. The second kappa shape index (κ2) is 8.53. The quantitative estimate of drug-likeness (QED) is 0.438. The molecule has 33 heavy (non-hydrogen) atoms. The van der Waals surface area contributed by atoms with E-state index < -0.39 is 29.8 Å². The zero-order valence-electron chi connectivity index (χ0n) is 16.8. The van der Waals surface area contributed by atoms with Crippen LogP contribution in [-0.2, 0) is 17.5 Å². The molecule has 4 aromatic rings. The topological polar surface area (TPSA) is 81.8 Å². The molecule has 2 aromatic carbocycles. The number of benzene rings is 2. The van der Waals surface area contributed by atoms with Crippen LogP contribution in [0.15, 0.2) is 53.5 Å². The maximum atomic E-state index is 13.1. The van der Waals surface area contributed by atoms with Crippen molar-refractivity contribution in [2.75, 3.05) is 5.32 Å². The first-order valence-corrected chi connectivity index (χ1v) is 10.2. The van der Waals surface area contributed by atoms with E-state index in [0.29, 0.717) is 21.8 Å². The van der Waals surface area contributed by atoms with E-state index >= 15 is 0 Å². The number of rotatable bonds is 4. The molecule has 0 aliphatic rings. The number of alkyl halides is 3. The van der Waals surface area contributed by atoms with Crippen molar-refractivity contribution in [2.45, 2.75) is 19.6 Å². The average Bonchev–Trinajstić information content (AvgIpc) is 3.18. The van der Waals surface area contributed by atoms with E-state index in [2.05, 4.69) is 15.5 Å². The molecule has 0 aliphatic heterocycles. The largest absolute Gasteiger partial charge is 0.416 e. The molecular formula is C21H14Cl2F3N5O2. The minimum Gasteiger partial charge on any atom is -0.323 e. The van der Waals surface area contributed by atoms with Gasteiger partial charge in [-0.2, -0.15) is 23.4 Å². The Morgan fingerprint density at radius 2 is 1.91 bits per heavy atom. The summed E-state index contributed by atoms with van der Waals surface area (Å²) >= 11 is 12.0. The summed E-state index contributed by atoms with van der Waals surface area (Å²) in [5.41, 5.74) is -0.672. The molecule has 1 N–H and O–H groups in total. The highest BCUT2D eigenvalue weighted by Crippen LogP contribution is 2.33. The summed E-state index contributed by atoms with van der Waals surface area (Å²) < 4.78 is 41.2. The van der Waals surface area contributed by atoms with Crippen molar-refractivity contribution in [1.82, 2.24) is 19.6 Å². The lowest BCUT2D eigenvalue weighted by atomic mass is 10.2. The van der Waals surface area contributed by atoms with Gasteiger partial charge in [0.15, 0.2) is 0 Å². The Balaban J connectivity index is 1.69. The predicted octanol–water partition coefficient (Wildman–Crippen LogP) is 4.85. The van der Waals surface area contributed by atoms with Crippen LogP contribution in [0.25, 0.3) is 16.6 Å². The number of halogens is 5. The fourth-order valence-corrected chi connectivity index (χ4v) is 3.60. The standard InChI is InChI=1S/C21H14Cl2F3N5O2/c1-11-15-9-27-31(14-4-2-3-13(22)8-14)19(15)20(33)30(29-11)10-18(32)28-17-7-12(21(24,25)26)5-6-16(17)23/h2-9H,10H2,1H3,(H,28,32). The molecule has 0 fully saturated rings. The van der Waals surface area contributed by atoms with Crippen LogP contribution in [0.4, 0.5) is 18.9 Å². The van der Waals surface area contributed by atoms with Gasteiger partial charge in [0, 0.05) is 10.4 Å². The summed E-state index contributed by atoms with van der Waals surface area (Å²) in [4.78, 5) is 25.7. The summed E-state index contributed by atoms with van der Waals surface area (Å²) in [6, 6.07) is 9.26. The molecule has 0 radical (unpaired) electrons. The lowest BCUT2D eigenvalue weighted by molar-refractivity contribution is -0.137. The fourth-order valence-electron chi connectivity index (χ4n) is 3.26. The number of carbonyl (C=O) groups is 1. The monoisotopic (exact) mass is 495 g/mol. The Labute approximate surface area is 194 Å². The number of anilines is 1. The predicted molar refractivity (Wildman–Crippen MR) is 118 cm³/mol. The summed E-state index contributed by atoms with van der Waals surface area (Å²) in [6.07, 6.45) is -3.13. The number of nitrogens with one attached hydrogen (secondary N) is 1. The molecule has 1 amide bonds. The third-order valence-electron chi connectivity index (χ3n) is 4.78. The first-order chi connectivity index (χ1) is 15.5. The molecule has 0 bridgehead atoms. The Morgan fingerprint density at radius 3 is 2.61 bits per heavy atom. The molecule has 0 saturated heterocycles. The second-order valence-electron chi connectivity index (χ2n) is 7.09. The van der Waals surface area contributed by atoms with Crippen LogP contribution in [0, 0.1) is 6.92 Å². The van der Waals surface area contributed by atoms with E-state index in [1.165, 1.54) is 10.9 Å². The molecule has 0 unspecified atom stereocenters. The lowest BCUT2D eigenvalue weighted by Crippen LogP contribution is -2.31. The minimum absolute atomic E-state index is 0.0812. The van der Waals surface area contributed by atoms with Crippen LogP contribution in [-0.4, -0.2) is 25.5 Å². The highest BCUT2D eigenvalue weighted by atomic mass is 35.5. The number of nitrogens with zero attached hydrogens (tertiary/aromatic N) is 4. The van der Waals surface area contributed by atoms with Crippen LogP contribution in [0.1, 0.15) is 11.3 Å². The second-order valence-corrected chi connectivity index (χ2v) is 7.93. The van der Waals surface area contributed by atoms with Gasteiger partial charge < -0.3 is 5.32 Å². The number of hydrogen-bond acceptors (Lipinski definition) is 4. The van der Waals surface area contributed by atoms with Crippen LogP contribution in [0.5, 0.6) is 0 Å². The smallest absolute Gasteiger partial charge is 0.323 e. The highest BCUT2D eigenvalue weighted by molar-refractivity contribution is 6.33. The summed E-state index contributed by atoms with van der Waals surface area (Å²) in [5.74, 6) is -0.779. The normalized spacial score (nSPS) is 11.7. The van der Waals surface area contributed by atoms with Gasteiger partial charge in [-0.1, -0.05) is 29.3 Å². The molecule has 2 heterocycles. The number of amides is 1. The van der Waals surface area contributed by atoms with Gasteiger partial charge in [0.05, 0.1) is 33.9 Å². The summed E-state index contributed by atoms with van der Waals surface area (Å²) in [5, 5.41) is 11.5. The number of hydrogen-bond donors (Lipinski definition) is 1. The molecule has 0 spiro atoms. The van der Waals surface area contributed by atoms with Gasteiger partial charge in [0.2, 0.25) is 5.91 Å². The van der Waals surface area contributed by atoms with Crippen LogP contribution in [0.2, 0.25) is 10.0 Å². The molecule has 0 atom stereocenters. The lowest BCUT2D eigenvalue weighted by Gasteiger charge is -2.12. The molecule has 0 saturated carbocycles. The molecular weight excluding hydrogens is 482 g/mol. The van der Waals surface area contributed by atoms with Crippen molar-refractivity contribution >= 4 is 45.7 Å². The van der Waals surface area contributed by atoms with Gasteiger partial charge >= 0.3 is 6.18 Å². The number of carbonyl (C=O) groups excluding carboxylic acids is 1. The number of aryl methyl sites for hydroxylation is 1. The van der Waals surface area contributed by atoms with Gasteiger partial charge in [0.1, 0.15) is 12.1 Å². The van der Waals surface area contributed by atoms with Crippen molar-refractivity contribution in [2.24, 2.45) is 0 Å². The van der Waals surface area contributed by atoms with Crippen molar-refractivity contribution in [3.8, 4) is 5.69 Å². The van der Waals surface area contributed by atoms with Crippen LogP contribution in [0.3, 0.4) is 0 Å². The third kappa shape index (κ3) is 4.57. The van der Waals surface area contributed by atoms with E-state index in [4.69, 9.17) is 23.2 Å². The molecule has 2 aromatic heterocycles. The van der Waals surface area contributed by atoms with Gasteiger partial charge in [-0.25, -0.2) is 9.36 Å². The first kappa shape index (κ1) is 22.8. The summed E-state index contributed by atoms with van der Waals surface area (Å²) in [6.45, 7) is 1.09. The summed E-state index contributed by atoms with van der Waals surface area (Å²) in [7, 11) is 0. The van der Waals surface area contributed by atoms with Gasteiger partial charge in [-0.15, -0.1) is 0 Å². The van der Waals surface area contributed by atoms with E-state index in [-0.39, 0.29) is 16.2 Å². The maximum Gasteiger partial charge on any atom is 0.416 e. The maximum absolute atomic E-state index is 13.1. The molecule has 0 aliphatic carbocycles. The highest BCUT2D eigenvalue weighted by Gasteiger charge is 2.31. The Kier molecular flexibility index (Phi) is 5.89. The Hall–Kier alpha value is -3.37. The van der Waals surface area contributed by atoms with Crippen molar-refractivity contribution in [3.05, 3.63) is 80.3 Å². The van der Waals surface area contributed by atoms with E-state index in [9.17, 15) is 22.8 Å². The van der Waals surface area contributed by atoms with Crippen LogP contribution < -0.4 is 10.9 Å². The minimum atomic E-state index is -4.61. The van der Waals surface area contributed by atoms with Gasteiger partial charge in [-0.05, 0) is 43.3 Å². The third-order valence-corrected chi connectivity index (χ3v) is 5.35. The van der Waals surface area contributed by atoms with Crippen molar-refractivity contribution in [1.29, 1.82) is 0 Å².